The van der Waals surface area contributed by atoms with Gasteiger partial charge in [-0.05, 0) is 19.3 Å². The van der Waals surface area contributed by atoms with E-state index >= 15 is 0 Å². The Labute approximate surface area is 267 Å². The molecule has 3 heterocycles. The molecule has 1 saturated carbocycles. The van der Waals surface area contributed by atoms with E-state index in [0.29, 0.717) is 12.7 Å². The average Bonchev–Trinajstić information content (AvgIpc) is 3.32. The Morgan fingerprint density at radius 1 is 0.696 bits per heavy atom. The molecule has 46 heavy (non-hydrogen) atoms. The molecule has 0 aromatic rings. The van der Waals surface area contributed by atoms with Crippen LogP contribution in [0.1, 0.15) is 39.0 Å². The molecule has 4 aliphatic rings. The number of aldehydes is 1. The summed E-state index contributed by atoms with van der Waals surface area (Å²) in [5, 5.41) is 64.0. The molecule has 0 bridgehead atoms. The molecule has 0 amide bonds. The molecule has 0 spiro atoms. The van der Waals surface area contributed by atoms with Gasteiger partial charge in [0.15, 0.2) is 18.9 Å². The molecule has 19 atom stereocenters. The van der Waals surface area contributed by atoms with Crippen molar-refractivity contribution in [2.24, 2.45) is 34.6 Å². The van der Waals surface area contributed by atoms with Gasteiger partial charge < -0.3 is 92.5 Å². The van der Waals surface area contributed by atoms with Crippen molar-refractivity contribution < 1.29 is 63.9 Å². The first-order valence-electron chi connectivity index (χ1n) is 16.0. The van der Waals surface area contributed by atoms with Gasteiger partial charge in [-0.25, -0.2) is 0 Å². The fraction of sp³-hybridized carbons (Fsp3) is 0.964. The zero-order valence-corrected chi connectivity index (χ0v) is 25.9. The summed E-state index contributed by atoms with van der Waals surface area (Å²) >= 11 is 0. The summed E-state index contributed by atoms with van der Waals surface area (Å²) in [6.07, 6.45) is -14.9. The maximum Gasteiger partial charge on any atom is 0.187 e. The average molecular weight is 668 g/mol. The summed E-state index contributed by atoms with van der Waals surface area (Å²) in [5.41, 5.74) is 30.6. The third kappa shape index (κ3) is 7.89. The second kappa shape index (κ2) is 16.6. The van der Waals surface area contributed by atoms with Gasteiger partial charge in [-0.15, -0.1) is 0 Å². The zero-order valence-electron chi connectivity index (χ0n) is 25.9. The van der Waals surface area contributed by atoms with E-state index in [1.807, 2.05) is 6.92 Å². The van der Waals surface area contributed by atoms with Crippen molar-refractivity contribution in [1.29, 1.82) is 0 Å². The number of aliphatic hydroxyl groups excluding tert-OH is 6. The molecular weight excluding hydrogens is 614 g/mol. The first kappa shape index (κ1) is 37.8. The van der Waals surface area contributed by atoms with Crippen molar-refractivity contribution in [1.82, 2.24) is 0 Å². The zero-order chi connectivity index (χ0) is 33.9. The van der Waals surface area contributed by atoms with Gasteiger partial charge in [0.2, 0.25) is 0 Å². The van der Waals surface area contributed by atoms with Crippen LogP contribution in [0.5, 0.6) is 0 Å². The van der Waals surface area contributed by atoms with Gasteiger partial charge in [0.05, 0.1) is 43.1 Å². The van der Waals surface area contributed by atoms with Crippen LogP contribution in [0.4, 0.5) is 0 Å². The van der Waals surface area contributed by atoms with Crippen LogP contribution in [0.15, 0.2) is 0 Å². The van der Waals surface area contributed by atoms with Gasteiger partial charge in [-0.1, -0.05) is 13.3 Å². The SMILES string of the molecule is CCC[C@@H]1C(CO)O[C@H](O[C@@H]2C(N)C[C@@H](N)C(O)[C@H]2O[C@@H]2O[C@H](CCC=O)[C@H](O[C@H]3O[C@@H](CN)[C@@H](O)C(O)C3N)C2O)C(N)[C@H]1O. The van der Waals surface area contributed by atoms with Gasteiger partial charge >= 0.3 is 0 Å². The minimum atomic E-state index is -1.54. The summed E-state index contributed by atoms with van der Waals surface area (Å²) in [5.74, 6) is -0.427. The number of hydrogen-bond acceptors (Lipinski definition) is 18. The maximum absolute atomic E-state index is 11.4. The van der Waals surface area contributed by atoms with Crippen molar-refractivity contribution in [3.8, 4) is 0 Å². The summed E-state index contributed by atoms with van der Waals surface area (Å²) in [6.45, 7) is 1.39. The lowest BCUT2D eigenvalue weighted by Crippen LogP contribution is -2.67. The van der Waals surface area contributed by atoms with Crippen LogP contribution < -0.4 is 28.7 Å². The number of ether oxygens (including phenoxy) is 6. The molecule has 7 unspecified atom stereocenters. The van der Waals surface area contributed by atoms with E-state index in [0.717, 1.165) is 6.42 Å². The Bertz CT molecular complexity index is 957. The highest BCUT2D eigenvalue weighted by molar-refractivity contribution is 5.49. The number of carbonyl (C=O) groups excluding carboxylic acids is 1. The van der Waals surface area contributed by atoms with E-state index in [-0.39, 0.29) is 32.4 Å². The van der Waals surface area contributed by atoms with Crippen molar-refractivity contribution in [3.05, 3.63) is 0 Å². The number of aliphatic hydroxyl groups is 6. The fourth-order valence-corrected chi connectivity index (χ4v) is 6.81. The second-order valence-electron chi connectivity index (χ2n) is 12.7. The fourth-order valence-electron chi connectivity index (χ4n) is 6.81. The Morgan fingerprint density at radius 2 is 1.28 bits per heavy atom. The lowest BCUT2D eigenvalue weighted by atomic mass is 9.83. The molecule has 4 fully saturated rings. The van der Waals surface area contributed by atoms with Crippen molar-refractivity contribution in [2.75, 3.05) is 13.2 Å². The van der Waals surface area contributed by atoms with Crippen LogP contribution >= 0.6 is 0 Å². The van der Waals surface area contributed by atoms with Crippen LogP contribution in [0.2, 0.25) is 0 Å². The van der Waals surface area contributed by atoms with Crippen LogP contribution in [-0.2, 0) is 33.2 Å². The number of carbonyl (C=O) groups is 1. The molecular formula is C28H53N5O13. The minimum Gasteiger partial charge on any atom is -0.394 e. The first-order valence-corrected chi connectivity index (χ1v) is 16.0. The van der Waals surface area contributed by atoms with Crippen molar-refractivity contribution >= 4 is 6.29 Å². The van der Waals surface area contributed by atoms with E-state index in [1.54, 1.807) is 0 Å². The second-order valence-corrected chi connectivity index (χ2v) is 12.7. The molecule has 18 heteroatoms. The van der Waals surface area contributed by atoms with Crippen molar-refractivity contribution in [2.45, 2.75) is 149 Å². The Balaban J connectivity index is 1.53. The maximum atomic E-state index is 11.4. The van der Waals surface area contributed by atoms with E-state index in [2.05, 4.69) is 0 Å². The highest BCUT2D eigenvalue weighted by Crippen LogP contribution is 2.36. The van der Waals surface area contributed by atoms with Gasteiger partial charge in [-0.3, -0.25) is 0 Å². The predicted molar refractivity (Wildman–Crippen MR) is 157 cm³/mol. The summed E-state index contributed by atoms with van der Waals surface area (Å²) < 4.78 is 35.9. The quantitative estimate of drug-likeness (QED) is 0.0815. The van der Waals surface area contributed by atoms with Gasteiger partial charge in [0.25, 0.3) is 0 Å². The highest BCUT2D eigenvalue weighted by atomic mass is 16.8. The van der Waals surface area contributed by atoms with Gasteiger partial charge in [0, 0.05) is 31.0 Å². The van der Waals surface area contributed by atoms with E-state index < -0.39 is 116 Å². The van der Waals surface area contributed by atoms with Crippen LogP contribution in [-0.4, -0.2) is 160 Å². The van der Waals surface area contributed by atoms with Gasteiger partial charge in [-0.2, -0.15) is 0 Å². The number of nitrogens with two attached hydrogens (primary N) is 5. The lowest BCUT2D eigenvalue weighted by molar-refractivity contribution is -0.305. The monoisotopic (exact) mass is 667 g/mol. The third-order valence-corrected chi connectivity index (χ3v) is 9.52. The molecule has 1 aliphatic carbocycles. The summed E-state index contributed by atoms with van der Waals surface area (Å²) in [4.78, 5) is 11.2. The number of rotatable bonds is 13. The number of hydrogen-bond donors (Lipinski definition) is 11. The molecule has 4 rings (SSSR count). The Morgan fingerprint density at radius 3 is 1.89 bits per heavy atom. The van der Waals surface area contributed by atoms with E-state index in [9.17, 15) is 35.4 Å². The predicted octanol–water partition coefficient (Wildman–Crippen LogP) is -5.82. The van der Waals surface area contributed by atoms with E-state index in [4.69, 9.17) is 57.1 Å². The normalized spacial score (nSPS) is 50.0. The standard InChI is InChI=1S/C28H53N5O13/c1-2-4-10-15(9-35)43-26(16(32)18(10)36)44-23-12(31)7-11(30)19(37)25(23)46-28-22(40)24(13(41-28)5-3-6-34)45-27-17(33)21(39)20(38)14(8-29)42-27/h6,10-28,35-40H,2-5,7-9,29-33H2,1H3/t10-,11-,12?,13-,14+,15?,16?,17?,18+,19?,20-,21?,22?,23-,24+,25-,26-,27-,28+/m1/s1. The molecule has 18 nitrogen and oxygen atoms in total. The molecule has 0 radical (unpaired) electrons. The summed E-state index contributed by atoms with van der Waals surface area (Å²) in [7, 11) is 0. The van der Waals surface area contributed by atoms with Gasteiger partial charge in [0.1, 0.15) is 49.0 Å². The molecule has 268 valence electrons. The van der Waals surface area contributed by atoms with Crippen molar-refractivity contribution in [3.63, 3.8) is 0 Å². The van der Waals surface area contributed by atoms with E-state index in [1.165, 1.54) is 0 Å². The Kier molecular flexibility index (Phi) is 13.6. The molecule has 3 saturated heterocycles. The van der Waals surface area contributed by atoms with Crippen LogP contribution in [0.3, 0.4) is 0 Å². The minimum absolute atomic E-state index is 0.0339. The molecule has 0 aromatic heterocycles. The van der Waals surface area contributed by atoms with Crippen LogP contribution in [0.25, 0.3) is 0 Å². The van der Waals surface area contributed by atoms with Crippen LogP contribution in [0, 0.1) is 5.92 Å². The molecule has 16 N–H and O–H groups in total. The smallest absolute Gasteiger partial charge is 0.187 e. The highest BCUT2D eigenvalue weighted by Gasteiger charge is 2.54. The summed E-state index contributed by atoms with van der Waals surface area (Å²) in [6, 6.07) is -3.91. The first-order chi connectivity index (χ1) is 21.9. The largest absolute Gasteiger partial charge is 0.394 e. The molecule has 3 aliphatic heterocycles. The molecule has 0 aromatic carbocycles. The third-order valence-electron chi connectivity index (χ3n) is 9.52. The Hall–Kier alpha value is -1.01. The lowest BCUT2D eigenvalue weighted by Gasteiger charge is -2.48. The topological polar surface area (TPSA) is 324 Å².